The minimum absolute atomic E-state index is 0.322. The van der Waals surface area contributed by atoms with Crippen LogP contribution in [-0.2, 0) is 9.47 Å². The smallest absolute Gasteiger partial charge is 0.412 e. The highest BCUT2D eigenvalue weighted by molar-refractivity contribution is 5.68. The first-order valence-corrected chi connectivity index (χ1v) is 6.87. The number of piperazine rings is 1. The van der Waals surface area contributed by atoms with Gasteiger partial charge in [0, 0.05) is 38.9 Å². The zero-order chi connectivity index (χ0) is 14.5. The number of hydrogen-bond donors (Lipinski definition) is 1. The number of carbonyl (C=O) groups excluding carboxylic acids is 1. The van der Waals surface area contributed by atoms with Crippen LogP contribution in [-0.4, -0.2) is 44.3 Å². The van der Waals surface area contributed by atoms with Crippen molar-refractivity contribution in [1.82, 2.24) is 10.2 Å². The van der Waals surface area contributed by atoms with Gasteiger partial charge < -0.3 is 19.7 Å². The van der Waals surface area contributed by atoms with Crippen molar-refractivity contribution in [3.8, 4) is 0 Å². The van der Waals surface area contributed by atoms with Crippen LogP contribution >= 0.6 is 0 Å². The van der Waals surface area contributed by atoms with E-state index in [4.69, 9.17) is 9.47 Å². The van der Waals surface area contributed by atoms with Crippen molar-refractivity contribution in [3.63, 3.8) is 0 Å². The maximum atomic E-state index is 12.1. The van der Waals surface area contributed by atoms with Crippen LogP contribution in [0.1, 0.15) is 23.0 Å². The number of hydrogen-bond acceptors (Lipinski definition) is 4. The zero-order valence-electron chi connectivity index (χ0n) is 12.3. The lowest BCUT2D eigenvalue weighted by molar-refractivity contribution is -0.0946. The topological polar surface area (TPSA) is 50.8 Å². The fourth-order valence-corrected chi connectivity index (χ4v) is 2.41. The van der Waals surface area contributed by atoms with Crippen LogP contribution < -0.4 is 5.32 Å². The van der Waals surface area contributed by atoms with Crippen LogP contribution in [0.4, 0.5) is 4.79 Å². The lowest BCUT2D eigenvalue weighted by atomic mass is 10.1. The first kappa shape index (κ1) is 14.8. The van der Waals surface area contributed by atoms with E-state index < -0.39 is 6.29 Å². The van der Waals surface area contributed by atoms with Crippen LogP contribution in [0.2, 0.25) is 0 Å². The Bertz CT molecular complexity index is 450. The quantitative estimate of drug-likeness (QED) is 0.859. The third-order valence-electron chi connectivity index (χ3n) is 3.31. The molecule has 20 heavy (non-hydrogen) atoms. The summed E-state index contributed by atoms with van der Waals surface area (Å²) in [6.45, 7) is 6.97. The Labute approximate surface area is 119 Å². The third-order valence-corrected chi connectivity index (χ3v) is 3.31. The number of nitrogens with one attached hydrogen (secondary N) is 1. The van der Waals surface area contributed by atoms with Crippen molar-refractivity contribution in [1.29, 1.82) is 0 Å². The summed E-state index contributed by atoms with van der Waals surface area (Å²) < 4.78 is 10.8. The number of ether oxygens (including phenoxy) is 2. The fraction of sp³-hybridized carbons (Fsp3) is 0.533. The first-order chi connectivity index (χ1) is 9.60. The second kappa shape index (κ2) is 6.72. The highest BCUT2D eigenvalue weighted by Crippen LogP contribution is 2.22. The zero-order valence-corrected chi connectivity index (χ0v) is 12.3. The molecule has 0 spiro atoms. The van der Waals surface area contributed by atoms with Gasteiger partial charge in [0.05, 0.1) is 0 Å². The molecule has 110 valence electrons. The molecule has 5 heteroatoms. The third kappa shape index (κ3) is 3.71. The summed E-state index contributed by atoms with van der Waals surface area (Å²) in [6, 6.07) is 6.03. The molecule has 0 aromatic heterocycles. The van der Waals surface area contributed by atoms with Gasteiger partial charge in [0.2, 0.25) is 6.29 Å². The Morgan fingerprint density at radius 3 is 2.35 bits per heavy atom. The van der Waals surface area contributed by atoms with Crippen molar-refractivity contribution in [3.05, 3.63) is 34.9 Å². The van der Waals surface area contributed by atoms with Gasteiger partial charge in [0.15, 0.2) is 0 Å². The van der Waals surface area contributed by atoms with Crippen molar-refractivity contribution in [2.24, 2.45) is 0 Å². The van der Waals surface area contributed by atoms with Gasteiger partial charge in [-0.3, -0.25) is 0 Å². The Morgan fingerprint density at radius 2 is 1.80 bits per heavy atom. The van der Waals surface area contributed by atoms with E-state index in [-0.39, 0.29) is 6.09 Å². The summed E-state index contributed by atoms with van der Waals surface area (Å²) in [5.74, 6) is 0. The molecule has 2 rings (SSSR count). The number of nitrogens with zero attached hydrogens (tertiary/aromatic N) is 1. The van der Waals surface area contributed by atoms with E-state index in [1.165, 1.54) is 0 Å². The number of methoxy groups -OCH3 is 1. The molecule has 1 unspecified atom stereocenters. The maximum Gasteiger partial charge on any atom is 0.412 e. The van der Waals surface area contributed by atoms with Crippen LogP contribution in [0.5, 0.6) is 0 Å². The number of carbonyl (C=O) groups is 1. The molecule has 1 heterocycles. The van der Waals surface area contributed by atoms with E-state index in [2.05, 4.69) is 11.4 Å². The fourth-order valence-electron chi connectivity index (χ4n) is 2.41. The van der Waals surface area contributed by atoms with Crippen LogP contribution in [0.25, 0.3) is 0 Å². The van der Waals surface area contributed by atoms with Crippen LogP contribution in [0.15, 0.2) is 18.2 Å². The molecular formula is C15H22N2O3. The molecule has 1 aliphatic rings. The van der Waals surface area contributed by atoms with E-state index >= 15 is 0 Å². The lowest BCUT2D eigenvalue weighted by Crippen LogP contribution is -2.46. The van der Waals surface area contributed by atoms with E-state index in [0.717, 1.165) is 29.8 Å². The van der Waals surface area contributed by atoms with Crippen molar-refractivity contribution in [2.45, 2.75) is 20.1 Å². The Hall–Kier alpha value is -1.59. The SMILES string of the molecule is COC(OC(=O)N1CCNCC1)c1cc(C)cc(C)c1. The second-order valence-corrected chi connectivity index (χ2v) is 5.11. The number of amides is 1. The van der Waals surface area contributed by atoms with Gasteiger partial charge in [0.25, 0.3) is 0 Å². The Balaban J connectivity index is 2.05. The normalized spacial score (nSPS) is 16.9. The Morgan fingerprint density at radius 1 is 1.20 bits per heavy atom. The van der Waals surface area contributed by atoms with Crippen LogP contribution in [0.3, 0.4) is 0 Å². The average molecular weight is 278 g/mol. The van der Waals surface area contributed by atoms with Crippen molar-refractivity contribution in [2.75, 3.05) is 33.3 Å². The van der Waals surface area contributed by atoms with Gasteiger partial charge in [-0.15, -0.1) is 0 Å². The highest BCUT2D eigenvalue weighted by Gasteiger charge is 2.22. The van der Waals surface area contributed by atoms with Crippen LogP contribution in [0, 0.1) is 13.8 Å². The minimum atomic E-state index is -0.656. The largest absolute Gasteiger partial charge is 0.415 e. The summed E-state index contributed by atoms with van der Waals surface area (Å²) in [7, 11) is 1.55. The predicted molar refractivity (Wildman–Crippen MR) is 76.6 cm³/mol. The van der Waals surface area contributed by atoms with Gasteiger partial charge in [0.1, 0.15) is 0 Å². The summed E-state index contributed by atoms with van der Waals surface area (Å²) in [5, 5.41) is 3.20. The standard InChI is InChI=1S/C15H22N2O3/c1-11-8-12(2)10-13(9-11)14(19-3)20-15(18)17-6-4-16-5-7-17/h8-10,14,16H,4-7H2,1-3H3. The van der Waals surface area contributed by atoms with Crippen molar-refractivity contribution < 1.29 is 14.3 Å². The van der Waals surface area contributed by atoms with Crippen molar-refractivity contribution >= 4 is 6.09 Å². The lowest BCUT2D eigenvalue weighted by Gasteiger charge is -2.28. The second-order valence-electron chi connectivity index (χ2n) is 5.11. The summed E-state index contributed by atoms with van der Waals surface area (Å²) in [5.41, 5.74) is 3.12. The molecular weight excluding hydrogens is 256 g/mol. The molecule has 1 saturated heterocycles. The molecule has 1 N–H and O–H groups in total. The van der Waals surface area contributed by atoms with Gasteiger partial charge >= 0.3 is 6.09 Å². The van der Waals surface area contributed by atoms with E-state index in [9.17, 15) is 4.79 Å². The minimum Gasteiger partial charge on any atom is -0.415 e. The van der Waals surface area contributed by atoms with E-state index in [1.54, 1.807) is 12.0 Å². The molecule has 5 nitrogen and oxygen atoms in total. The molecule has 1 aromatic carbocycles. The Kier molecular flexibility index (Phi) is 4.98. The number of benzene rings is 1. The summed E-state index contributed by atoms with van der Waals surface area (Å²) in [6.07, 6.45) is -0.978. The van der Waals surface area contributed by atoms with E-state index in [1.807, 2.05) is 26.0 Å². The molecule has 0 saturated carbocycles. The molecule has 1 aromatic rings. The summed E-state index contributed by atoms with van der Waals surface area (Å²) >= 11 is 0. The molecule has 1 aliphatic heterocycles. The van der Waals surface area contributed by atoms with Gasteiger partial charge in [-0.1, -0.05) is 17.2 Å². The molecule has 0 bridgehead atoms. The van der Waals surface area contributed by atoms with Gasteiger partial charge in [-0.05, 0) is 26.0 Å². The molecule has 0 radical (unpaired) electrons. The predicted octanol–water partition coefficient (Wildman–Crippen LogP) is 1.99. The van der Waals surface area contributed by atoms with E-state index in [0.29, 0.717) is 13.1 Å². The molecule has 1 atom stereocenters. The average Bonchev–Trinajstić information content (AvgIpc) is 2.44. The molecule has 1 fully saturated rings. The highest BCUT2D eigenvalue weighted by atomic mass is 16.7. The van der Waals surface area contributed by atoms with Gasteiger partial charge in [-0.2, -0.15) is 0 Å². The molecule has 1 amide bonds. The monoisotopic (exact) mass is 278 g/mol. The molecule has 0 aliphatic carbocycles. The first-order valence-electron chi connectivity index (χ1n) is 6.87. The summed E-state index contributed by atoms with van der Waals surface area (Å²) in [4.78, 5) is 13.8. The number of aryl methyl sites for hydroxylation is 2. The maximum absolute atomic E-state index is 12.1. The number of rotatable bonds is 3. The van der Waals surface area contributed by atoms with Gasteiger partial charge in [-0.25, -0.2) is 4.79 Å².